The third-order valence-corrected chi connectivity index (χ3v) is 14.8. The molecule has 382 valence electrons. The Morgan fingerprint density at radius 1 is 0.881 bits per heavy atom. The number of aliphatic hydroxyl groups excluding tert-OH is 1. The second-order valence-electron chi connectivity index (χ2n) is 20.1. The van der Waals surface area contributed by atoms with Crippen LogP contribution in [-0.2, 0) is 58.6 Å². The Kier molecular flexibility index (Phi) is 18.6. The molecule has 0 saturated carbocycles. The number of fused-ring (bicyclic) bond motifs is 1. The van der Waals surface area contributed by atoms with Crippen molar-refractivity contribution < 1.29 is 76.7 Å². The summed E-state index contributed by atoms with van der Waals surface area (Å²) in [5.41, 5.74) is -3.23. The van der Waals surface area contributed by atoms with Gasteiger partial charge in [-0.05, 0) is 99.0 Å². The van der Waals surface area contributed by atoms with Crippen molar-refractivity contribution in [2.45, 2.75) is 186 Å². The van der Waals surface area contributed by atoms with E-state index in [2.05, 4.69) is 5.32 Å². The van der Waals surface area contributed by atoms with E-state index in [1.165, 1.54) is 28.3 Å². The number of esters is 1. The fourth-order valence-corrected chi connectivity index (χ4v) is 10.8. The van der Waals surface area contributed by atoms with Crippen LogP contribution in [0.25, 0.3) is 0 Å². The van der Waals surface area contributed by atoms with Crippen molar-refractivity contribution in [3.8, 4) is 11.5 Å². The molecule has 67 heavy (non-hydrogen) atoms. The number of carbonyl (C=O) groups is 3. The normalized spacial score (nSPS) is 41.1. The van der Waals surface area contributed by atoms with Crippen LogP contribution in [0.1, 0.15) is 100 Å². The zero-order valence-corrected chi connectivity index (χ0v) is 42.4. The number of methoxy groups -OCH3 is 3. The second-order valence-corrected chi connectivity index (χ2v) is 20.1. The topological polar surface area (TPSA) is 208 Å². The van der Waals surface area contributed by atoms with Gasteiger partial charge in [-0.2, -0.15) is 0 Å². The third-order valence-electron chi connectivity index (χ3n) is 14.8. The van der Waals surface area contributed by atoms with Gasteiger partial charge in [-0.15, -0.1) is 0 Å². The van der Waals surface area contributed by atoms with Crippen molar-refractivity contribution in [1.29, 1.82) is 0 Å². The summed E-state index contributed by atoms with van der Waals surface area (Å²) in [6.45, 7) is 18.1. The maximum atomic E-state index is 14.6. The minimum absolute atomic E-state index is 0.0682. The van der Waals surface area contributed by atoms with Crippen molar-refractivity contribution >= 4 is 17.8 Å². The summed E-state index contributed by atoms with van der Waals surface area (Å²) in [6.07, 6.45) is -8.49. The molecule has 0 aromatic heterocycles. The monoisotopic (exact) mass is 953 g/mol. The first-order valence-corrected chi connectivity index (χ1v) is 23.8. The number of amides is 1. The van der Waals surface area contributed by atoms with Gasteiger partial charge in [0.05, 0.1) is 42.0 Å². The molecule has 4 aliphatic rings. The molecule has 1 amide bonds. The number of Topliss-reactive ketones (excluding diaryl/α,β-unsaturated/α-hetero) is 1. The van der Waals surface area contributed by atoms with Crippen molar-refractivity contribution in [3.05, 3.63) is 23.8 Å². The molecule has 18 heteroatoms. The summed E-state index contributed by atoms with van der Waals surface area (Å²) in [6, 6.07) is 5.32. The van der Waals surface area contributed by atoms with Crippen LogP contribution in [0.5, 0.6) is 11.5 Å². The number of likely N-dealkylation sites (N-methyl/N-ethyl adjacent to an activating group) is 1. The number of nitrogens with one attached hydrogen (secondary N) is 1. The van der Waals surface area contributed by atoms with Crippen LogP contribution >= 0.6 is 0 Å². The minimum Gasteiger partial charge on any atom is -0.459 e. The lowest BCUT2D eigenvalue weighted by Crippen LogP contribution is -2.62. The van der Waals surface area contributed by atoms with Gasteiger partial charge in [0.2, 0.25) is 6.79 Å². The summed E-state index contributed by atoms with van der Waals surface area (Å²) in [7, 11) is 8.24. The first-order chi connectivity index (χ1) is 31.4. The molecule has 18 atom stereocenters. The fourth-order valence-electron chi connectivity index (χ4n) is 10.8. The number of benzene rings is 1. The van der Waals surface area contributed by atoms with E-state index in [0.717, 1.165) is 5.56 Å². The van der Waals surface area contributed by atoms with Crippen molar-refractivity contribution in [3.63, 3.8) is 0 Å². The zero-order valence-electron chi connectivity index (χ0n) is 42.4. The first kappa shape index (κ1) is 54.8. The van der Waals surface area contributed by atoms with Crippen LogP contribution in [-0.4, -0.2) is 166 Å². The molecule has 4 aliphatic heterocycles. The summed E-state index contributed by atoms with van der Waals surface area (Å²) in [5.74, 6) is -2.81. The summed E-state index contributed by atoms with van der Waals surface area (Å²) in [5, 5.41) is 26.7. The number of rotatable bonds is 13. The predicted octanol–water partition coefficient (Wildman–Crippen LogP) is 4.80. The highest BCUT2D eigenvalue weighted by Gasteiger charge is 2.55. The van der Waals surface area contributed by atoms with Gasteiger partial charge in [0.15, 0.2) is 30.2 Å². The van der Waals surface area contributed by atoms with Crippen LogP contribution in [0.4, 0.5) is 4.79 Å². The van der Waals surface area contributed by atoms with Gasteiger partial charge in [0.1, 0.15) is 29.2 Å². The smallest absolute Gasteiger partial charge is 0.407 e. The predicted molar refractivity (Wildman–Crippen MR) is 244 cm³/mol. The quantitative estimate of drug-likeness (QED) is 0.227. The second kappa shape index (κ2) is 22.7. The molecule has 3 saturated heterocycles. The van der Waals surface area contributed by atoms with E-state index in [0.29, 0.717) is 24.3 Å². The number of ketones is 1. The molecule has 0 radical (unpaired) electrons. The number of carbonyl (C=O) groups excluding carboxylic acids is 3. The Bertz CT molecular complexity index is 1820. The lowest BCUT2D eigenvalue weighted by atomic mass is 9.73. The Balaban J connectivity index is 1.48. The Hall–Kier alpha value is -3.17. The Labute approximate surface area is 397 Å². The van der Waals surface area contributed by atoms with Crippen molar-refractivity contribution in [1.82, 2.24) is 10.2 Å². The van der Waals surface area contributed by atoms with Crippen LogP contribution in [0.3, 0.4) is 0 Å². The lowest BCUT2D eigenvalue weighted by molar-refractivity contribution is -0.319. The minimum atomic E-state index is -1.78. The number of ether oxygens (including phenoxy) is 11. The highest BCUT2D eigenvalue weighted by atomic mass is 16.7. The van der Waals surface area contributed by atoms with E-state index in [-0.39, 0.29) is 50.5 Å². The molecule has 3 N–H and O–H groups in total. The zero-order chi connectivity index (χ0) is 49.8. The SMILES string of the molecule is CC[C@H]1OC(=O)[C@H](C)[C@@H](O[C@H]2C[C@@](C)(OC)[C@@H](OC(=O)NCCc3ccc4c(c3)OCO4)[C@H](C)O2)[C@H](C)[C@@H](O[C@@H]2O[C@H](C)C[C@H](N(C)C)[C@H]2O)[C@@](C)(OC)C[C@@H](C)C(=O)[C@H](C)[C@@H](OC)[C@]1(C)O. The third kappa shape index (κ3) is 12.2. The number of hydrogen-bond acceptors (Lipinski definition) is 17. The summed E-state index contributed by atoms with van der Waals surface area (Å²) >= 11 is 0. The molecule has 0 unspecified atom stereocenters. The number of cyclic esters (lactones) is 1. The standard InChI is InChI=1S/C49H80N2O16/c1-16-36-49(10,56)42(57-13)28(4)38(52)26(2)23-47(8,58-14)41(66-45-39(53)33(51(11)12)21-27(3)62-45)29(5)40(30(6)44(54)64-36)65-37-24-48(9,59-15)43(31(7)63-37)67-46(55)50-20-19-32-17-18-34-35(22-32)61-25-60-34/h17-18,22,26-31,33,36-37,39-43,45,53,56H,16,19-21,23-25H2,1-15H3,(H,50,55)/t26-,27-,28+,29+,30-,31+,33+,36-,37+,39-,40+,41-,42-,43+,45+,47+,48-,49-/m1/s1. The van der Waals surface area contributed by atoms with Gasteiger partial charge >= 0.3 is 12.1 Å². The molecule has 0 aliphatic carbocycles. The molecule has 0 bridgehead atoms. The highest BCUT2D eigenvalue weighted by molar-refractivity contribution is 5.83. The average molecular weight is 953 g/mol. The van der Waals surface area contributed by atoms with Gasteiger partial charge in [0, 0.05) is 58.1 Å². The molecule has 3 fully saturated rings. The van der Waals surface area contributed by atoms with E-state index < -0.39 is 108 Å². The largest absolute Gasteiger partial charge is 0.459 e. The molecule has 0 spiro atoms. The number of hydrogen-bond donors (Lipinski definition) is 3. The number of nitrogens with zero attached hydrogens (tertiary/aromatic N) is 1. The average Bonchev–Trinajstić information content (AvgIpc) is 3.75. The van der Waals surface area contributed by atoms with Crippen LogP contribution < -0.4 is 14.8 Å². The number of alkyl carbamates (subject to hydrolysis) is 1. The maximum Gasteiger partial charge on any atom is 0.407 e. The number of aliphatic hydroxyl groups is 2. The van der Waals surface area contributed by atoms with Gasteiger partial charge < -0.3 is 72.5 Å². The van der Waals surface area contributed by atoms with E-state index in [1.54, 1.807) is 41.5 Å². The van der Waals surface area contributed by atoms with Gasteiger partial charge in [-0.25, -0.2) is 4.79 Å². The molecule has 5 rings (SSSR count). The van der Waals surface area contributed by atoms with E-state index in [1.807, 2.05) is 58.0 Å². The van der Waals surface area contributed by atoms with Gasteiger partial charge in [-0.1, -0.05) is 33.8 Å². The van der Waals surface area contributed by atoms with Crippen LogP contribution in [0.15, 0.2) is 18.2 Å². The van der Waals surface area contributed by atoms with E-state index in [4.69, 9.17) is 52.1 Å². The highest BCUT2D eigenvalue weighted by Crippen LogP contribution is 2.43. The van der Waals surface area contributed by atoms with Gasteiger partial charge in [0.25, 0.3) is 0 Å². The Morgan fingerprint density at radius 2 is 1.54 bits per heavy atom. The molecular weight excluding hydrogens is 873 g/mol. The van der Waals surface area contributed by atoms with E-state index >= 15 is 0 Å². The fraction of sp³-hybridized carbons (Fsp3) is 0.816. The first-order valence-electron chi connectivity index (χ1n) is 23.8. The summed E-state index contributed by atoms with van der Waals surface area (Å²) in [4.78, 5) is 44.2. The van der Waals surface area contributed by atoms with Crippen LogP contribution in [0, 0.1) is 23.7 Å². The summed E-state index contributed by atoms with van der Waals surface area (Å²) < 4.78 is 68.1. The lowest BCUT2D eigenvalue weighted by Gasteiger charge is -2.50. The van der Waals surface area contributed by atoms with Gasteiger partial charge in [-0.3, -0.25) is 9.59 Å². The maximum absolute atomic E-state index is 14.6. The molecule has 4 heterocycles. The van der Waals surface area contributed by atoms with Crippen LogP contribution in [0.2, 0.25) is 0 Å². The molecular formula is C49H80N2O16. The molecule has 1 aromatic carbocycles. The molecule has 1 aromatic rings. The van der Waals surface area contributed by atoms with Crippen molar-refractivity contribution in [2.75, 3.05) is 48.8 Å². The van der Waals surface area contributed by atoms with Crippen molar-refractivity contribution in [2.24, 2.45) is 23.7 Å². The molecule has 18 nitrogen and oxygen atoms in total. The Morgan fingerprint density at radius 3 is 2.16 bits per heavy atom. The van der Waals surface area contributed by atoms with E-state index in [9.17, 15) is 24.6 Å².